The van der Waals surface area contributed by atoms with Crippen LogP contribution >= 0.6 is 11.8 Å². The molecule has 1 saturated carbocycles. The molecule has 1 unspecified atom stereocenters. The molecule has 1 amide bonds. The van der Waals surface area contributed by atoms with Crippen LogP contribution in [0.1, 0.15) is 19.8 Å². The first-order valence-corrected chi connectivity index (χ1v) is 7.57. The van der Waals surface area contributed by atoms with Crippen molar-refractivity contribution in [3.05, 3.63) is 24.4 Å². The lowest BCUT2D eigenvalue weighted by atomic mass is 10.1. The lowest BCUT2D eigenvalue weighted by Crippen LogP contribution is -2.56. The standard InChI is InChI=1S/C13H17N5OS/c1-13(11(14)19,15-9-5-6-9)8-20-12-17-16-10-4-2-3-7-18(10)12/h2-4,7,9,15H,5-6,8H2,1H3,(H2,14,19). The molecule has 0 aliphatic heterocycles. The highest BCUT2D eigenvalue weighted by Crippen LogP contribution is 2.26. The first kappa shape index (κ1) is 13.4. The second-order valence-electron chi connectivity index (χ2n) is 5.32. The Labute approximate surface area is 121 Å². The molecule has 106 valence electrons. The molecule has 20 heavy (non-hydrogen) atoms. The molecule has 2 heterocycles. The van der Waals surface area contributed by atoms with Gasteiger partial charge in [0.25, 0.3) is 0 Å². The third-order valence-corrected chi connectivity index (χ3v) is 4.67. The van der Waals surface area contributed by atoms with Crippen LogP contribution in [0.15, 0.2) is 29.6 Å². The van der Waals surface area contributed by atoms with Gasteiger partial charge in [-0.15, -0.1) is 10.2 Å². The molecular weight excluding hydrogens is 274 g/mol. The van der Waals surface area contributed by atoms with E-state index in [9.17, 15) is 4.79 Å². The molecule has 6 nitrogen and oxygen atoms in total. The Kier molecular flexibility index (Phi) is 3.39. The average Bonchev–Trinajstić information content (AvgIpc) is 3.14. The fourth-order valence-electron chi connectivity index (χ4n) is 1.99. The molecule has 3 N–H and O–H groups in total. The lowest BCUT2D eigenvalue weighted by molar-refractivity contribution is -0.123. The fourth-order valence-corrected chi connectivity index (χ4v) is 3.02. The summed E-state index contributed by atoms with van der Waals surface area (Å²) in [6.45, 7) is 1.85. The van der Waals surface area contributed by atoms with Gasteiger partial charge in [-0.05, 0) is 31.9 Å². The Morgan fingerprint density at radius 2 is 2.35 bits per heavy atom. The monoisotopic (exact) mass is 291 g/mol. The summed E-state index contributed by atoms with van der Waals surface area (Å²) in [4.78, 5) is 11.7. The van der Waals surface area contributed by atoms with E-state index in [1.165, 1.54) is 11.8 Å². The Morgan fingerprint density at radius 3 is 3.05 bits per heavy atom. The zero-order valence-corrected chi connectivity index (χ0v) is 12.1. The van der Waals surface area contributed by atoms with Gasteiger partial charge < -0.3 is 11.1 Å². The third-order valence-electron chi connectivity index (χ3n) is 3.42. The number of aromatic nitrogens is 3. The zero-order chi connectivity index (χ0) is 14.2. The number of primary amides is 1. The van der Waals surface area contributed by atoms with Gasteiger partial charge in [0.2, 0.25) is 5.91 Å². The number of pyridine rings is 1. The summed E-state index contributed by atoms with van der Waals surface area (Å²) < 4.78 is 1.91. The summed E-state index contributed by atoms with van der Waals surface area (Å²) in [7, 11) is 0. The largest absolute Gasteiger partial charge is 0.368 e. The molecule has 0 aromatic carbocycles. The highest BCUT2D eigenvalue weighted by atomic mass is 32.2. The number of carbonyl (C=O) groups is 1. The number of carbonyl (C=O) groups excluding carboxylic acids is 1. The van der Waals surface area contributed by atoms with E-state index < -0.39 is 5.54 Å². The molecule has 1 aliphatic carbocycles. The van der Waals surface area contributed by atoms with Gasteiger partial charge in [-0.1, -0.05) is 17.8 Å². The minimum atomic E-state index is -0.716. The van der Waals surface area contributed by atoms with Crippen molar-refractivity contribution in [2.45, 2.75) is 36.5 Å². The van der Waals surface area contributed by atoms with Crippen molar-refractivity contribution in [1.82, 2.24) is 19.9 Å². The minimum Gasteiger partial charge on any atom is -0.368 e. The van der Waals surface area contributed by atoms with Crippen LogP contribution < -0.4 is 11.1 Å². The smallest absolute Gasteiger partial charge is 0.238 e. The van der Waals surface area contributed by atoms with Gasteiger partial charge in [-0.2, -0.15) is 0 Å². The van der Waals surface area contributed by atoms with Crippen molar-refractivity contribution >= 4 is 23.3 Å². The van der Waals surface area contributed by atoms with Gasteiger partial charge >= 0.3 is 0 Å². The predicted octanol–water partition coefficient (Wildman–Crippen LogP) is 0.817. The fraction of sp³-hybridized carbons (Fsp3) is 0.462. The summed E-state index contributed by atoms with van der Waals surface area (Å²) in [6, 6.07) is 6.16. The molecule has 2 aromatic rings. The van der Waals surface area contributed by atoms with E-state index in [0.717, 1.165) is 23.6 Å². The van der Waals surface area contributed by atoms with Crippen LogP contribution in [0.3, 0.4) is 0 Å². The third kappa shape index (κ3) is 2.64. The number of rotatable bonds is 6. The van der Waals surface area contributed by atoms with Gasteiger partial charge in [0.1, 0.15) is 5.54 Å². The number of nitrogens with zero attached hydrogens (tertiary/aromatic N) is 3. The van der Waals surface area contributed by atoms with Gasteiger partial charge in [-0.3, -0.25) is 9.20 Å². The van der Waals surface area contributed by atoms with E-state index in [1.54, 1.807) is 0 Å². The molecule has 7 heteroatoms. The van der Waals surface area contributed by atoms with Crippen molar-refractivity contribution in [3.8, 4) is 0 Å². The van der Waals surface area contributed by atoms with Gasteiger partial charge in [-0.25, -0.2) is 0 Å². The Morgan fingerprint density at radius 1 is 1.55 bits per heavy atom. The van der Waals surface area contributed by atoms with Gasteiger partial charge in [0.05, 0.1) is 0 Å². The summed E-state index contributed by atoms with van der Waals surface area (Å²) in [5.74, 6) is 0.208. The zero-order valence-electron chi connectivity index (χ0n) is 11.2. The minimum absolute atomic E-state index is 0.328. The van der Waals surface area contributed by atoms with Crippen molar-refractivity contribution in [2.24, 2.45) is 5.73 Å². The topological polar surface area (TPSA) is 85.3 Å². The summed E-state index contributed by atoms with van der Waals surface area (Å²) in [5, 5.41) is 12.3. The number of nitrogens with one attached hydrogen (secondary N) is 1. The van der Waals surface area contributed by atoms with Crippen LogP contribution in [0.2, 0.25) is 0 Å². The first-order valence-electron chi connectivity index (χ1n) is 6.59. The van der Waals surface area contributed by atoms with Gasteiger partial charge in [0.15, 0.2) is 10.8 Å². The van der Waals surface area contributed by atoms with Crippen LogP contribution in [0.25, 0.3) is 5.65 Å². The maximum Gasteiger partial charge on any atom is 0.238 e. The maximum absolute atomic E-state index is 11.7. The molecule has 1 fully saturated rings. The molecule has 2 aromatic heterocycles. The van der Waals surface area contributed by atoms with E-state index in [4.69, 9.17) is 5.73 Å². The SMILES string of the molecule is CC(CSc1nnc2ccccn12)(NC1CC1)C(N)=O. The van der Waals surface area contributed by atoms with Crippen molar-refractivity contribution in [2.75, 3.05) is 5.75 Å². The van der Waals surface area contributed by atoms with Gasteiger partial charge in [0, 0.05) is 18.0 Å². The van der Waals surface area contributed by atoms with E-state index in [0.29, 0.717) is 11.8 Å². The highest BCUT2D eigenvalue weighted by molar-refractivity contribution is 7.99. The number of hydrogen-bond acceptors (Lipinski definition) is 5. The quantitative estimate of drug-likeness (QED) is 0.770. The predicted molar refractivity (Wildman–Crippen MR) is 77.5 cm³/mol. The molecule has 3 rings (SSSR count). The number of fused-ring (bicyclic) bond motifs is 1. The van der Waals surface area contributed by atoms with E-state index in [1.807, 2.05) is 35.7 Å². The van der Waals surface area contributed by atoms with Crippen LogP contribution in [-0.4, -0.2) is 37.8 Å². The number of thioether (sulfide) groups is 1. The van der Waals surface area contributed by atoms with E-state index in [-0.39, 0.29) is 5.91 Å². The van der Waals surface area contributed by atoms with Crippen molar-refractivity contribution in [1.29, 1.82) is 0 Å². The summed E-state index contributed by atoms with van der Waals surface area (Å²) >= 11 is 1.49. The van der Waals surface area contributed by atoms with Crippen LogP contribution in [0.4, 0.5) is 0 Å². The molecular formula is C13H17N5OS. The van der Waals surface area contributed by atoms with E-state index >= 15 is 0 Å². The maximum atomic E-state index is 11.7. The highest BCUT2D eigenvalue weighted by Gasteiger charge is 2.37. The number of amides is 1. The second kappa shape index (κ2) is 5.06. The Bertz CT molecular complexity index is 638. The normalized spacial score (nSPS) is 18.1. The van der Waals surface area contributed by atoms with Crippen LogP contribution in [-0.2, 0) is 4.79 Å². The van der Waals surface area contributed by atoms with Crippen LogP contribution in [0, 0.1) is 0 Å². The molecule has 1 aliphatic rings. The molecule has 0 bridgehead atoms. The number of nitrogens with two attached hydrogens (primary N) is 1. The Balaban J connectivity index is 1.75. The molecule has 0 spiro atoms. The molecule has 0 saturated heterocycles. The second-order valence-corrected chi connectivity index (χ2v) is 6.26. The lowest BCUT2D eigenvalue weighted by Gasteiger charge is -2.26. The van der Waals surface area contributed by atoms with Crippen LogP contribution in [0.5, 0.6) is 0 Å². The summed E-state index contributed by atoms with van der Waals surface area (Å²) in [5.41, 5.74) is 5.62. The number of hydrogen-bond donors (Lipinski definition) is 2. The van der Waals surface area contributed by atoms with Crippen molar-refractivity contribution < 1.29 is 4.79 Å². The Hall–Kier alpha value is -1.60. The molecule has 0 radical (unpaired) electrons. The first-order chi connectivity index (χ1) is 9.58. The van der Waals surface area contributed by atoms with E-state index in [2.05, 4.69) is 15.5 Å². The molecule has 1 atom stereocenters. The van der Waals surface area contributed by atoms with Crippen molar-refractivity contribution in [3.63, 3.8) is 0 Å². The summed E-state index contributed by atoms with van der Waals surface area (Å²) in [6.07, 6.45) is 4.14. The average molecular weight is 291 g/mol.